The van der Waals surface area contributed by atoms with Crippen LogP contribution in [-0.4, -0.2) is 40.9 Å². The molecule has 7 atom stereocenters. The first-order valence-corrected chi connectivity index (χ1v) is 8.29. The lowest BCUT2D eigenvalue weighted by atomic mass is 9.70. The van der Waals surface area contributed by atoms with E-state index in [-0.39, 0.29) is 17.6 Å². The lowest BCUT2D eigenvalue weighted by Crippen LogP contribution is -2.61. The Labute approximate surface area is 119 Å². The summed E-state index contributed by atoms with van der Waals surface area (Å²) in [6.45, 7) is 5.29. The highest BCUT2D eigenvalue weighted by molar-refractivity contribution is 5.83. The van der Waals surface area contributed by atoms with E-state index in [1.54, 1.807) is 0 Å². The van der Waals surface area contributed by atoms with Crippen molar-refractivity contribution in [1.82, 2.24) is 4.90 Å². The first kappa shape index (κ1) is 12.0. The van der Waals surface area contributed by atoms with Crippen LogP contribution in [0.1, 0.15) is 46.0 Å². The van der Waals surface area contributed by atoms with Crippen LogP contribution in [-0.2, 0) is 14.3 Å². The Morgan fingerprint density at radius 3 is 3.10 bits per heavy atom. The van der Waals surface area contributed by atoms with E-state index >= 15 is 0 Å². The molecule has 110 valence electrons. The number of nitrogens with zero attached hydrogens (tertiary/aromatic N) is 1. The summed E-state index contributed by atoms with van der Waals surface area (Å²) in [5.74, 6) is 1.16. The Balaban J connectivity index is 1.66. The molecule has 0 N–H and O–H groups in total. The van der Waals surface area contributed by atoms with Crippen LogP contribution >= 0.6 is 0 Å². The fourth-order valence-electron chi connectivity index (χ4n) is 6.37. The summed E-state index contributed by atoms with van der Waals surface area (Å²) in [6.07, 6.45) is 5.40. The van der Waals surface area contributed by atoms with E-state index < -0.39 is 5.79 Å². The largest absolute Gasteiger partial charge is 0.349 e. The lowest BCUT2D eigenvalue weighted by Gasteiger charge is -2.48. The van der Waals surface area contributed by atoms with Gasteiger partial charge >= 0.3 is 0 Å². The molecule has 20 heavy (non-hydrogen) atoms. The second kappa shape index (κ2) is 3.41. The van der Waals surface area contributed by atoms with Crippen LogP contribution in [0.4, 0.5) is 0 Å². The van der Waals surface area contributed by atoms with Crippen LogP contribution in [0.2, 0.25) is 0 Å². The Kier molecular flexibility index (Phi) is 2.04. The third-order valence-corrected chi connectivity index (χ3v) is 6.85. The first-order chi connectivity index (χ1) is 9.65. The van der Waals surface area contributed by atoms with Crippen molar-refractivity contribution in [2.45, 2.75) is 69.4 Å². The lowest BCUT2D eigenvalue weighted by molar-refractivity contribution is -0.263. The quantitative estimate of drug-likeness (QED) is 0.791. The highest BCUT2D eigenvalue weighted by atomic mass is 16.7. The highest BCUT2D eigenvalue weighted by Crippen LogP contribution is 2.71. The molecule has 5 saturated heterocycles. The first-order valence-electron chi connectivity index (χ1n) is 8.29. The Morgan fingerprint density at radius 1 is 1.45 bits per heavy atom. The zero-order chi connectivity index (χ0) is 13.7. The van der Waals surface area contributed by atoms with Gasteiger partial charge in [-0.3, -0.25) is 4.79 Å². The standard InChI is InChI=1S/C16H23NO3/c1-3-4-5-15-11-7-13(18)17(15)10-6-12(15)20-16(11)14(10)9(2)8-19-16/h9-12,14H,3-8H2,1-2H3/t9-,10+,11-,12+,14-,15+,16+/m1/s1. The van der Waals surface area contributed by atoms with Gasteiger partial charge in [-0.05, 0) is 18.8 Å². The molecular formula is C16H23NO3. The summed E-state index contributed by atoms with van der Waals surface area (Å²) in [4.78, 5) is 14.9. The number of ether oxygens (including phenoxy) is 2. The van der Waals surface area contributed by atoms with Gasteiger partial charge in [0.2, 0.25) is 5.91 Å². The number of amides is 1. The summed E-state index contributed by atoms with van der Waals surface area (Å²) in [5, 5.41) is 0. The van der Waals surface area contributed by atoms with Gasteiger partial charge in [-0.1, -0.05) is 26.7 Å². The predicted molar refractivity (Wildman–Crippen MR) is 71.8 cm³/mol. The van der Waals surface area contributed by atoms with Crippen molar-refractivity contribution >= 4 is 5.91 Å². The normalized spacial score (nSPS) is 58.0. The Hall–Kier alpha value is -0.610. The third kappa shape index (κ3) is 0.970. The highest BCUT2D eigenvalue weighted by Gasteiger charge is 2.84. The minimum absolute atomic E-state index is 0.0156. The van der Waals surface area contributed by atoms with E-state index in [1.165, 1.54) is 12.8 Å². The molecule has 1 amide bonds. The molecule has 5 rings (SSSR count). The molecule has 0 aromatic heterocycles. The van der Waals surface area contributed by atoms with Gasteiger partial charge in [-0.2, -0.15) is 0 Å². The molecule has 5 aliphatic heterocycles. The number of carbonyl (C=O) groups is 1. The van der Waals surface area contributed by atoms with Gasteiger partial charge in [0.05, 0.1) is 18.2 Å². The molecule has 5 heterocycles. The second-order valence-corrected chi connectivity index (χ2v) is 7.56. The molecule has 0 aromatic rings. The molecule has 0 radical (unpaired) electrons. The fraction of sp³-hybridized carbons (Fsp3) is 0.938. The summed E-state index contributed by atoms with van der Waals surface area (Å²) in [6, 6.07) is 0.384. The van der Waals surface area contributed by atoms with Crippen LogP contribution in [0.3, 0.4) is 0 Å². The number of unbranched alkanes of at least 4 members (excludes halogenated alkanes) is 1. The van der Waals surface area contributed by atoms with Crippen molar-refractivity contribution in [3.63, 3.8) is 0 Å². The van der Waals surface area contributed by atoms with Crippen LogP contribution < -0.4 is 0 Å². The average Bonchev–Trinajstić information content (AvgIpc) is 3.04. The van der Waals surface area contributed by atoms with E-state index in [0.717, 1.165) is 19.4 Å². The zero-order valence-corrected chi connectivity index (χ0v) is 12.3. The number of fused-ring (bicyclic) bond motifs is 1. The van der Waals surface area contributed by atoms with Crippen LogP contribution in [0.5, 0.6) is 0 Å². The van der Waals surface area contributed by atoms with Crippen molar-refractivity contribution in [2.75, 3.05) is 6.61 Å². The van der Waals surface area contributed by atoms with Gasteiger partial charge in [0.25, 0.3) is 0 Å². The van der Waals surface area contributed by atoms with Crippen LogP contribution in [0.15, 0.2) is 0 Å². The third-order valence-electron chi connectivity index (χ3n) is 6.85. The molecule has 0 unspecified atom stereocenters. The van der Waals surface area contributed by atoms with Crippen molar-refractivity contribution < 1.29 is 14.3 Å². The van der Waals surface area contributed by atoms with Crippen molar-refractivity contribution in [2.24, 2.45) is 17.8 Å². The molecule has 0 aliphatic carbocycles. The average molecular weight is 277 g/mol. The van der Waals surface area contributed by atoms with Crippen molar-refractivity contribution in [3.05, 3.63) is 0 Å². The zero-order valence-electron chi connectivity index (χ0n) is 12.3. The van der Waals surface area contributed by atoms with E-state index in [1.807, 2.05) is 0 Å². The number of hydrogen-bond donors (Lipinski definition) is 0. The van der Waals surface area contributed by atoms with Gasteiger partial charge in [0.1, 0.15) is 0 Å². The van der Waals surface area contributed by atoms with E-state index in [2.05, 4.69) is 18.7 Å². The number of hydrogen-bond acceptors (Lipinski definition) is 3. The summed E-state index contributed by atoms with van der Waals surface area (Å²) >= 11 is 0. The van der Waals surface area contributed by atoms with Crippen LogP contribution in [0.25, 0.3) is 0 Å². The van der Waals surface area contributed by atoms with Crippen molar-refractivity contribution in [3.8, 4) is 0 Å². The van der Waals surface area contributed by atoms with Crippen molar-refractivity contribution in [1.29, 1.82) is 0 Å². The molecule has 4 nitrogen and oxygen atoms in total. The van der Waals surface area contributed by atoms with Gasteiger partial charge in [0, 0.05) is 24.3 Å². The molecule has 1 spiro atoms. The SMILES string of the molecule is CCCC[C@@]12[C@@H]3C[C@H]4[C@H]5[C@H](C)CO[C@]5(O3)[C@@H]1CC(=O)N42. The Morgan fingerprint density at radius 2 is 2.30 bits per heavy atom. The molecule has 5 fully saturated rings. The van der Waals surface area contributed by atoms with Gasteiger partial charge in [-0.15, -0.1) is 0 Å². The van der Waals surface area contributed by atoms with E-state index in [4.69, 9.17) is 9.47 Å². The fourth-order valence-corrected chi connectivity index (χ4v) is 6.37. The number of carbonyl (C=O) groups excluding carboxylic acids is 1. The van der Waals surface area contributed by atoms with Gasteiger partial charge < -0.3 is 14.4 Å². The predicted octanol–water partition coefficient (Wildman–Crippen LogP) is 1.93. The minimum Gasteiger partial charge on any atom is -0.349 e. The molecule has 4 heteroatoms. The van der Waals surface area contributed by atoms with Crippen LogP contribution in [0, 0.1) is 17.8 Å². The summed E-state index contributed by atoms with van der Waals surface area (Å²) in [7, 11) is 0. The van der Waals surface area contributed by atoms with Gasteiger partial charge in [0.15, 0.2) is 5.79 Å². The monoisotopic (exact) mass is 277 g/mol. The number of rotatable bonds is 3. The maximum absolute atomic E-state index is 12.6. The molecule has 5 aliphatic rings. The van der Waals surface area contributed by atoms with E-state index in [9.17, 15) is 4.79 Å². The van der Waals surface area contributed by atoms with Gasteiger partial charge in [-0.25, -0.2) is 0 Å². The summed E-state index contributed by atoms with van der Waals surface area (Å²) < 4.78 is 12.7. The second-order valence-electron chi connectivity index (χ2n) is 7.56. The maximum atomic E-state index is 12.6. The topological polar surface area (TPSA) is 38.8 Å². The molecule has 0 aromatic carbocycles. The minimum atomic E-state index is -0.413. The number of piperidine rings is 1. The maximum Gasteiger partial charge on any atom is 0.223 e. The molecule has 5 bridgehead atoms. The smallest absolute Gasteiger partial charge is 0.223 e. The molecular weight excluding hydrogens is 254 g/mol. The van der Waals surface area contributed by atoms with E-state index in [0.29, 0.717) is 30.2 Å². The summed E-state index contributed by atoms with van der Waals surface area (Å²) in [5.41, 5.74) is -0.0156. The molecule has 0 saturated carbocycles. The Bertz CT molecular complexity index is 494.